The maximum atomic E-state index is 10.4. The fourth-order valence-corrected chi connectivity index (χ4v) is 1.73. The lowest BCUT2D eigenvalue weighted by Crippen LogP contribution is -1.84. The van der Waals surface area contributed by atoms with Crippen molar-refractivity contribution in [2.75, 3.05) is 0 Å². The Balaban J connectivity index is 3.30. The van der Waals surface area contributed by atoms with Crippen LogP contribution in [-0.4, -0.2) is 16.8 Å². The molecule has 0 heterocycles. The van der Waals surface area contributed by atoms with E-state index in [1.165, 1.54) is 18.2 Å². The van der Waals surface area contributed by atoms with Crippen molar-refractivity contribution in [2.45, 2.75) is 9.79 Å². The van der Waals surface area contributed by atoms with Gasteiger partial charge in [0.25, 0.3) is 0 Å². The lowest BCUT2D eigenvalue weighted by atomic mass is 10.4. The molecule has 1 aromatic carbocycles. The Morgan fingerprint density at radius 3 is 1.58 bits per heavy atom. The first-order valence-corrected chi connectivity index (χ1v) is 5.35. The molecule has 1 rings (SSSR count). The number of rotatable bonds is 2. The van der Waals surface area contributed by atoms with Crippen molar-refractivity contribution in [3.8, 4) is 0 Å². The quantitative estimate of drug-likeness (QED) is 0.648. The fraction of sp³-hybridized carbons (Fsp3) is 0. The van der Waals surface area contributed by atoms with Crippen LogP contribution in [-0.2, 0) is 21.4 Å². The summed E-state index contributed by atoms with van der Waals surface area (Å²) in [6.45, 7) is 0. The van der Waals surface area contributed by atoms with Crippen molar-refractivity contribution in [3.63, 3.8) is 0 Å². The molecule has 0 aliphatic heterocycles. The predicted molar refractivity (Wildman–Crippen MR) is 43.6 cm³/mol. The normalized spacial score (nSPS) is 10.8. The van der Waals surface area contributed by atoms with Gasteiger partial charge >= 0.3 is 0 Å². The molecule has 0 bridgehead atoms. The third-order valence-electron chi connectivity index (χ3n) is 1.25. The third-order valence-corrected chi connectivity index (χ3v) is 2.65. The summed E-state index contributed by atoms with van der Waals surface area (Å²) in [5, 5.41) is 0. The standard InChI is InChI=1S/C6H6O4S2/c7-11(8)5-2-1-3-6(4-5)12(9)10/h1-4,11-12H. The summed E-state index contributed by atoms with van der Waals surface area (Å²) >= 11 is 0. The first-order valence-electron chi connectivity index (χ1n) is 3.00. The van der Waals surface area contributed by atoms with E-state index in [4.69, 9.17) is 0 Å². The van der Waals surface area contributed by atoms with Gasteiger partial charge in [-0.2, -0.15) is 0 Å². The van der Waals surface area contributed by atoms with Crippen molar-refractivity contribution >= 4 is 21.4 Å². The van der Waals surface area contributed by atoms with Crippen LogP contribution in [0.3, 0.4) is 0 Å². The Kier molecular flexibility index (Phi) is 2.83. The van der Waals surface area contributed by atoms with Gasteiger partial charge in [0, 0.05) is 0 Å². The monoisotopic (exact) mass is 206 g/mol. The predicted octanol–water partition coefficient (Wildman–Crippen LogP) is -0.373. The van der Waals surface area contributed by atoms with E-state index in [1.807, 2.05) is 0 Å². The Labute approximate surface area is 72.7 Å². The molecule has 0 spiro atoms. The lowest BCUT2D eigenvalue weighted by Gasteiger charge is -1.90. The third kappa shape index (κ3) is 2.05. The highest BCUT2D eigenvalue weighted by molar-refractivity contribution is 7.73. The molecular weight excluding hydrogens is 200 g/mol. The second-order valence-electron chi connectivity index (χ2n) is 2.03. The molecule has 0 aliphatic rings. The molecule has 0 saturated carbocycles. The summed E-state index contributed by atoms with van der Waals surface area (Å²) in [4.78, 5) is 0.0309. The van der Waals surface area contributed by atoms with Crippen LogP contribution in [0.1, 0.15) is 0 Å². The fourth-order valence-electron chi connectivity index (χ4n) is 0.720. The zero-order valence-electron chi connectivity index (χ0n) is 5.84. The zero-order valence-corrected chi connectivity index (χ0v) is 7.63. The average Bonchev–Trinajstić information content (AvgIpc) is 2.04. The van der Waals surface area contributed by atoms with E-state index >= 15 is 0 Å². The van der Waals surface area contributed by atoms with Gasteiger partial charge in [-0.1, -0.05) is 6.07 Å². The van der Waals surface area contributed by atoms with Crippen molar-refractivity contribution in [1.82, 2.24) is 0 Å². The maximum Gasteiger partial charge on any atom is 0.168 e. The molecule has 0 unspecified atom stereocenters. The highest BCUT2D eigenvalue weighted by Crippen LogP contribution is 2.06. The second-order valence-corrected chi connectivity index (χ2v) is 4.10. The number of hydrogen-bond acceptors (Lipinski definition) is 4. The SMILES string of the molecule is O=[SH](=O)c1cccc([SH](=O)=O)c1. The summed E-state index contributed by atoms with van der Waals surface area (Å²) in [5.74, 6) is 0. The van der Waals surface area contributed by atoms with Crippen molar-refractivity contribution in [2.24, 2.45) is 0 Å². The van der Waals surface area contributed by atoms with Crippen LogP contribution in [0, 0.1) is 0 Å². The molecule has 12 heavy (non-hydrogen) atoms. The molecule has 0 atom stereocenters. The summed E-state index contributed by atoms with van der Waals surface area (Å²) in [5.41, 5.74) is 0. The van der Waals surface area contributed by atoms with Gasteiger partial charge in [0.2, 0.25) is 0 Å². The molecule has 66 valence electrons. The van der Waals surface area contributed by atoms with Crippen LogP contribution < -0.4 is 0 Å². The topological polar surface area (TPSA) is 68.3 Å². The molecule has 0 N–H and O–H groups in total. The summed E-state index contributed by atoms with van der Waals surface area (Å²) in [6.07, 6.45) is 0. The van der Waals surface area contributed by atoms with E-state index in [-0.39, 0.29) is 9.79 Å². The minimum Gasteiger partial charge on any atom is -0.227 e. The summed E-state index contributed by atoms with van der Waals surface area (Å²) in [6, 6.07) is 5.19. The Hall–Kier alpha value is -0.880. The van der Waals surface area contributed by atoms with Gasteiger partial charge in [0.15, 0.2) is 21.4 Å². The van der Waals surface area contributed by atoms with Gasteiger partial charge < -0.3 is 0 Å². The van der Waals surface area contributed by atoms with Gasteiger partial charge in [-0.25, -0.2) is 16.8 Å². The molecule has 0 aliphatic carbocycles. The van der Waals surface area contributed by atoms with Crippen LogP contribution >= 0.6 is 0 Å². The first-order chi connectivity index (χ1) is 5.61. The van der Waals surface area contributed by atoms with E-state index < -0.39 is 21.4 Å². The molecule has 0 fully saturated rings. The molecular formula is C6H6O4S2. The smallest absolute Gasteiger partial charge is 0.168 e. The van der Waals surface area contributed by atoms with E-state index in [1.54, 1.807) is 0 Å². The Morgan fingerprint density at radius 2 is 1.25 bits per heavy atom. The van der Waals surface area contributed by atoms with Crippen molar-refractivity contribution < 1.29 is 16.8 Å². The maximum absolute atomic E-state index is 10.4. The Bertz CT molecular complexity index is 378. The molecule has 0 radical (unpaired) electrons. The Morgan fingerprint density at radius 1 is 0.833 bits per heavy atom. The number of benzene rings is 1. The number of thiol groups is 2. The summed E-state index contributed by atoms with van der Waals surface area (Å²) in [7, 11) is -5.41. The molecule has 1 aromatic rings. The highest BCUT2D eigenvalue weighted by Gasteiger charge is 1.98. The van der Waals surface area contributed by atoms with Crippen LogP contribution in [0.5, 0.6) is 0 Å². The van der Waals surface area contributed by atoms with Crippen LogP contribution in [0.25, 0.3) is 0 Å². The van der Waals surface area contributed by atoms with Crippen molar-refractivity contribution in [1.29, 1.82) is 0 Å². The van der Waals surface area contributed by atoms with Crippen LogP contribution in [0.4, 0.5) is 0 Å². The van der Waals surface area contributed by atoms with E-state index in [0.717, 1.165) is 6.07 Å². The van der Waals surface area contributed by atoms with E-state index in [2.05, 4.69) is 0 Å². The number of hydrogen-bond donors (Lipinski definition) is 2. The largest absolute Gasteiger partial charge is 0.227 e. The van der Waals surface area contributed by atoms with Gasteiger partial charge in [-0.15, -0.1) is 0 Å². The van der Waals surface area contributed by atoms with Gasteiger partial charge in [0.05, 0.1) is 9.79 Å². The average molecular weight is 206 g/mol. The minimum absolute atomic E-state index is 0.0155. The molecule has 4 nitrogen and oxygen atoms in total. The van der Waals surface area contributed by atoms with Crippen LogP contribution in [0.2, 0.25) is 0 Å². The molecule has 0 aromatic heterocycles. The molecule has 0 saturated heterocycles. The highest BCUT2D eigenvalue weighted by atomic mass is 32.2. The second kappa shape index (κ2) is 3.68. The van der Waals surface area contributed by atoms with Gasteiger partial charge in [0.1, 0.15) is 0 Å². The minimum atomic E-state index is -2.70. The first kappa shape index (κ1) is 9.21. The van der Waals surface area contributed by atoms with E-state index in [9.17, 15) is 16.8 Å². The molecule has 6 heteroatoms. The molecule has 0 amide bonds. The lowest BCUT2D eigenvalue weighted by molar-refractivity contribution is 0.613. The summed E-state index contributed by atoms with van der Waals surface area (Å²) < 4.78 is 41.7. The van der Waals surface area contributed by atoms with Gasteiger partial charge in [-0.05, 0) is 18.2 Å². The van der Waals surface area contributed by atoms with E-state index in [0.29, 0.717) is 0 Å². The zero-order chi connectivity index (χ0) is 9.14. The van der Waals surface area contributed by atoms with Crippen molar-refractivity contribution in [3.05, 3.63) is 24.3 Å². The van der Waals surface area contributed by atoms with Crippen LogP contribution in [0.15, 0.2) is 34.1 Å². The van der Waals surface area contributed by atoms with Gasteiger partial charge in [-0.3, -0.25) is 0 Å².